The zero-order chi connectivity index (χ0) is 23.9. The number of carbonyl (C=O) groups excluding carboxylic acids is 2. The van der Waals surface area contributed by atoms with Crippen molar-refractivity contribution in [2.75, 3.05) is 19.0 Å². The molecule has 0 radical (unpaired) electrons. The number of rotatable bonds is 8. The number of anilines is 1. The molecule has 0 heterocycles. The summed E-state index contributed by atoms with van der Waals surface area (Å²) in [5.41, 5.74) is 1.82. The lowest BCUT2D eigenvalue weighted by Crippen LogP contribution is -2.16. The number of carbonyl (C=O) groups is 2. The number of hydrogen-bond donors (Lipinski definition) is 1. The molecule has 4 aromatic rings. The van der Waals surface area contributed by atoms with Crippen molar-refractivity contribution in [3.05, 3.63) is 102 Å². The third-order valence-corrected chi connectivity index (χ3v) is 5.32. The van der Waals surface area contributed by atoms with Crippen molar-refractivity contribution in [2.45, 2.75) is 13.5 Å². The lowest BCUT2D eigenvalue weighted by molar-refractivity contribution is 0.0602. The molecule has 6 heteroatoms. The molecule has 6 nitrogen and oxygen atoms in total. The summed E-state index contributed by atoms with van der Waals surface area (Å²) < 4.78 is 16.6. The molecule has 0 aliphatic rings. The first-order valence-corrected chi connectivity index (χ1v) is 10.9. The largest absolute Gasteiger partial charge is 0.493 e. The van der Waals surface area contributed by atoms with E-state index in [0.29, 0.717) is 23.6 Å². The molecule has 0 unspecified atom stereocenters. The predicted octanol–water partition coefficient (Wildman–Crippen LogP) is 5.86. The number of nitrogens with one attached hydrogen (secondary N) is 1. The molecular weight excluding hydrogens is 430 g/mol. The summed E-state index contributed by atoms with van der Waals surface area (Å²) in [6, 6.07) is 25.9. The second kappa shape index (κ2) is 10.5. The number of para-hydroxylation sites is 1. The van der Waals surface area contributed by atoms with Crippen LogP contribution in [0.5, 0.6) is 11.5 Å². The molecule has 172 valence electrons. The van der Waals surface area contributed by atoms with E-state index in [-0.39, 0.29) is 18.1 Å². The number of esters is 1. The molecule has 0 spiro atoms. The highest BCUT2D eigenvalue weighted by molar-refractivity contribution is 6.08. The monoisotopic (exact) mass is 455 g/mol. The average molecular weight is 456 g/mol. The van der Waals surface area contributed by atoms with Crippen LogP contribution >= 0.6 is 0 Å². The molecule has 0 aliphatic heterocycles. The normalized spacial score (nSPS) is 10.5. The van der Waals surface area contributed by atoms with Crippen molar-refractivity contribution < 1.29 is 23.8 Å². The van der Waals surface area contributed by atoms with E-state index in [9.17, 15) is 9.59 Å². The van der Waals surface area contributed by atoms with Crippen molar-refractivity contribution in [1.82, 2.24) is 0 Å². The number of amides is 1. The Morgan fingerprint density at radius 3 is 2.38 bits per heavy atom. The van der Waals surface area contributed by atoms with Gasteiger partial charge in [-0.2, -0.15) is 0 Å². The van der Waals surface area contributed by atoms with Crippen LogP contribution in [0.2, 0.25) is 0 Å². The van der Waals surface area contributed by atoms with E-state index in [1.54, 1.807) is 42.5 Å². The van der Waals surface area contributed by atoms with Crippen LogP contribution in [0, 0.1) is 0 Å². The molecule has 4 rings (SSSR count). The molecule has 0 saturated heterocycles. The Balaban J connectivity index is 1.55. The van der Waals surface area contributed by atoms with Crippen molar-refractivity contribution >= 4 is 28.3 Å². The van der Waals surface area contributed by atoms with Gasteiger partial charge in [-0.1, -0.05) is 42.5 Å². The standard InChI is InChI=1S/C28H25NO5/c1-3-33-26-15-13-21(27(30)29-25-11-7-6-10-24(25)28(31)32-2)16-22(26)18-34-23-14-12-19-8-4-5-9-20(19)17-23/h4-17H,3,18H2,1-2H3,(H,29,30). The van der Waals surface area contributed by atoms with Crippen LogP contribution in [0.4, 0.5) is 5.69 Å². The average Bonchev–Trinajstić information content (AvgIpc) is 2.88. The maximum Gasteiger partial charge on any atom is 0.339 e. The van der Waals surface area contributed by atoms with Crippen molar-refractivity contribution in [1.29, 1.82) is 0 Å². The van der Waals surface area contributed by atoms with Gasteiger partial charge in [-0.3, -0.25) is 4.79 Å². The number of methoxy groups -OCH3 is 1. The molecule has 0 aromatic heterocycles. The molecule has 1 amide bonds. The Morgan fingerprint density at radius 2 is 1.59 bits per heavy atom. The van der Waals surface area contributed by atoms with E-state index >= 15 is 0 Å². The van der Waals surface area contributed by atoms with Crippen LogP contribution in [0.15, 0.2) is 84.9 Å². The second-order valence-corrected chi connectivity index (χ2v) is 7.54. The van der Waals surface area contributed by atoms with Crippen LogP contribution in [0.25, 0.3) is 10.8 Å². The summed E-state index contributed by atoms with van der Waals surface area (Å²) in [6.45, 7) is 2.62. The van der Waals surface area contributed by atoms with Gasteiger partial charge in [0.15, 0.2) is 0 Å². The molecule has 1 N–H and O–H groups in total. The van der Waals surface area contributed by atoms with Crippen LogP contribution < -0.4 is 14.8 Å². The lowest BCUT2D eigenvalue weighted by atomic mass is 10.1. The Labute approximate surface area is 198 Å². The van der Waals surface area contributed by atoms with Gasteiger partial charge < -0.3 is 19.5 Å². The fourth-order valence-electron chi connectivity index (χ4n) is 3.62. The third-order valence-electron chi connectivity index (χ3n) is 5.32. The van der Waals surface area contributed by atoms with Crippen molar-refractivity contribution in [3.8, 4) is 11.5 Å². The molecule has 0 fully saturated rings. The Bertz CT molecular complexity index is 1330. The quantitative estimate of drug-likeness (QED) is 0.337. The van der Waals surface area contributed by atoms with Crippen LogP contribution in [0.3, 0.4) is 0 Å². The molecule has 0 saturated carbocycles. The Kier molecular flexibility index (Phi) is 7.08. The first-order chi connectivity index (χ1) is 16.6. The van der Waals surface area contributed by atoms with Crippen LogP contribution in [-0.2, 0) is 11.3 Å². The van der Waals surface area contributed by atoms with Gasteiger partial charge >= 0.3 is 5.97 Å². The Hall–Kier alpha value is -4.32. The zero-order valence-corrected chi connectivity index (χ0v) is 19.0. The van der Waals surface area contributed by atoms with Gasteiger partial charge in [0.25, 0.3) is 5.91 Å². The first kappa shape index (κ1) is 22.9. The third kappa shape index (κ3) is 5.18. The highest BCUT2D eigenvalue weighted by Crippen LogP contribution is 2.26. The van der Waals surface area contributed by atoms with E-state index in [2.05, 4.69) is 5.32 Å². The topological polar surface area (TPSA) is 73.9 Å². The van der Waals surface area contributed by atoms with Gasteiger partial charge in [-0.15, -0.1) is 0 Å². The van der Waals surface area contributed by atoms with Crippen molar-refractivity contribution in [3.63, 3.8) is 0 Å². The Morgan fingerprint density at radius 1 is 0.824 bits per heavy atom. The molecule has 34 heavy (non-hydrogen) atoms. The second-order valence-electron chi connectivity index (χ2n) is 7.54. The summed E-state index contributed by atoms with van der Waals surface area (Å²) in [5, 5.41) is 5.01. The van der Waals surface area contributed by atoms with Crippen LogP contribution in [-0.4, -0.2) is 25.6 Å². The molecule has 0 atom stereocenters. The van der Waals surface area contributed by atoms with E-state index in [4.69, 9.17) is 14.2 Å². The minimum Gasteiger partial charge on any atom is -0.493 e. The zero-order valence-electron chi connectivity index (χ0n) is 19.0. The number of fused-ring (bicyclic) bond motifs is 1. The van der Waals surface area contributed by atoms with Crippen LogP contribution in [0.1, 0.15) is 33.2 Å². The SMILES string of the molecule is CCOc1ccc(C(=O)Nc2ccccc2C(=O)OC)cc1COc1ccc2ccccc2c1. The summed E-state index contributed by atoms with van der Waals surface area (Å²) >= 11 is 0. The maximum atomic E-state index is 13.0. The molecule has 0 aliphatic carbocycles. The van der Waals surface area contributed by atoms with Gasteiger partial charge in [0, 0.05) is 11.1 Å². The maximum absolute atomic E-state index is 13.0. The summed E-state index contributed by atoms with van der Waals surface area (Å²) in [5.74, 6) is 0.497. The van der Waals surface area contributed by atoms with Gasteiger partial charge in [-0.05, 0) is 60.2 Å². The number of hydrogen-bond acceptors (Lipinski definition) is 5. The van der Waals surface area contributed by atoms with Gasteiger partial charge in [0.1, 0.15) is 18.1 Å². The highest BCUT2D eigenvalue weighted by atomic mass is 16.5. The van der Waals surface area contributed by atoms with Gasteiger partial charge in [0.2, 0.25) is 0 Å². The molecular formula is C28H25NO5. The molecule has 4 aromatic carbocycles. The van der Waals surface area contributed by atoms with E-state index in [1.165, 1.54) is 7.11 Å². The number of benzene rings is 4. The summed E-state index contributed by atoms with van der Waals surface area (Å²) in [4.78, 5) is 25.0. The minimum absolute atomic E-state index is 0.230. The summed E-state index contributed by atoms with van der Waals surface area (Å²) in [6.07, 6.45) is 0. The summed E-state index contributed by atoms with van der Waals surface area (Å²) in [7, 11) is 1.30. The predicted molar refractivity (Wildman–Crippen MR) is 132 cm³/mol. The lowest BCUT2D eigenvalue weighted by Gasteiger charge is -2.14. The minimum atomic E-state index is -0.521. The van der Waals surface area contributed by atoms with Crippen molar-refractivity contribution in [2.24, 2.45) is 0 Å². The number of ether oxygens (including phenoxy) is 3. The van der Waals surface area contributed by atoms with Gasteiger partial charge in [0.05, 0.1) is 25.0 Å². The van der Waals surface area contributed by atoms with E-state index < -0.39 is 5.97 Å². The fraction of sp³-hybridized carbons (Fsp3) is 0.143. The molecule has 0 bridgehead atoms. The first-order valence-electron chi connectivity index (χ1n) is 10.9. The van der Waals surface area contributed by atoms with E-state index in [1.807, 2.05) is 49.4 Å². The smallest absolute Gasteiger partial charge is 0.339 e. The fourth-order valence-corrected chi connectivity index (χ4v) is 3.62. The van der Waals surface area contributed by atoms with E-state index in [0.717, 1.165) is 22.1 Å². The highest BCUT2D eigenvalue weighted by Gasteiger charge is 2.16. The van der Waals surface area contributed by atoms with Gasteiger partial charge in [-0.25, -0.2) is 4.79 Å².